The minimum atomic E-state index is 0.455. The van der Waals surface area contributed by atoms with E-state index in [9.17, 15) is 0 Å². The van der Waals surface area contributed by atoms with Crippen molar-refractivity contribution in [2.45, 2.75) is 38.6 Å². The average molecular weight is 156 g/mol. The van der Waals surface area contributed by atoms with Crippen LogP contribution in [0.2, 0.25) is 0 Å². The molecule has 1 atom stereocenters. The summed E-state index contributed by atoms with van der Waals surface area (Å²) >= 11 is 0. The first kappa shape index (κ1) is 9.01. The highest BCUT2D eigenvalue weighted by molar-refractivity contribution is 4.77. The quantitative estimate of drug-likeness (QED) is 0.620. The predicted octanol–water partition coefficient (Wildman–Crippen LogP) is 1.21. The highest BCUT2D eigenvalue weighted by Gasteiger charge is 2.17. The molecule has 2 heteroatoms. The van der Waals surface area contributed by atoms with Crippen molar-refractivity contribution in [2.75, 3.05) is 19.6 Å². The minimum Gasteiger partial charge on any atom is -0.326 e. The van der Waals surface area contributed by atoms with Crippen molar-refractivity contribution in [2.24, 2.45) is 5.73 Å². The Morgan fingerprint density at radius 2 is 2.27 bits per heavy atom. The average Bonchev–Trinajstić information content (AvgIpc) is 2.37. The Morgan fingerprint density at radius 1 is 1.45 bits per heavy atom. The van der Waals surface area contributed by atoms with Gasteiger partial charge < -0.3 is 10.6 Å². The first-order valence-electron chi connectivity index (χ1n) is 4.81. The van der Waals surface area contributed by atoms with Gasteiger partial charge in [-0.2, -0.15) is 0 Å². The first-order chi connectivity index (χ1) is 5.33. The highest BCUT2D eigenvalue weighted by atomic mass is 15.2. The molecule has 0 aromatic heterocycles. The summed E-state index contributed by atoms with van der Waals surface area (Å²) in [7, 11) is 0. The summed E-state index contributed by atoms with van der Waals surface area (Å²) in [6.45, 7) is 5.87. The highest BCUT2D eigenvalue weighted by Crippen LogP contribution is 2.08. The molecule has 1 heterocycles. The monoisotopic (exact) mass is 156 g/mol. The molecule has 1 aliphatic rings. The molecule has 1 rings (SSSR count). The van der Waals surface area contributed by atoms with Crippen LogP contribution in [-0.4, -0.2) is 30.6 Å². The SMILES string of the molecule is CCCCCN1CC[C@@H](N)C1. The molecular weight excluding hydrogens is 136 g/mol. The van der Waals surface area contributed by atoms with E-state index in [1.54, 1.807) is 0 Å². The van der Waals surface area contributed by atoms with Crippen molar-refractivity contribution in [1.29, 1.82) is 0 Å². The van der Waals surface area contributed by atoms with Crippen LogP contribution in [0.25, 0.3) is 0 Å². The van der Waals surface area contributed by atoms with Gasteiger partial charge in [-0.1, -0.05) is 19.8 Å². The number of nitrogens with two attached hydrogens (primary N) is 1. The summed E-state index contributed by atoms with van der Waals surface area (Å²) in [6, 6.07) is 0.455. The Morgan fingerprint density at radius 3 is 2.82 bits per heavy atom. The molecule has 0 spiro atoms. The maximum atomic E-state index is 5.79. The summed E-state index contributed by atoms with van der Waals surface area (Å²) in [4.78, 5) is 2.49. The van der Waals surface area contributed by atoms with Crippen LogP contribution in [0.5, 0.6) is 0 Å². The maximum Gasteiger partial charge on any atom is 0.0180 e. The largest absolute Gasteiger partial charge is 0.326 e. The van der Waals surface area contributed by atoms with E-state index in [0.717, 1.165) is 6.54 Å². The number of unbranched alkanes of at least 4 members (excludes halogenated alkanes) is 2. The summed E-state index contributed by atoms with van der Waals surface area (Å²) in [5, 5.41) is 0. The molecule has 1 aliphatic heterocycles. The normalized spacial score (nSPS) is 26.2. The fourth-order valence-electron chi connectivity index (χ4n) is 1.65. The van der Waals surface area contributed by atoms with Crippen LogP contribution in [-0.2, 0) is 0 Å². The number of likely N-dealkylation sites (tertiary alicyclic amines) is 1. The summed E-state index contributed by atoms with van der Waals surface area (Å²) < 4.78 is 0. The molecule has 2 nitrogen and oxygen atoms in total. The van der Waals surface area contributed by atoms with Gasteiger partial charge in [-0.3, -0.25) is 0 Å². The van der Waals surface area contributed by atoms with E-state index >= 15 is 0 Å². The van der Waals surface area contributed by atoms with E-state index in [1.807, 2.05) is 0 Å². The molecular formula is C9H20N2. The second-order valence-corrected chi connectivity index (χ2v) is 3.56. The maximum absolute atomic E-state index is 5.79. The lowest BCUT2D eigenvalue weighted by molar-refractivity contribution is 0.325. The van der Waals surface area contributed by atoms with Crippen molar-refractivity contribution < 1.29 is 0 Å². The predicted molar refractivity (Wildman–Crippen MR) is 48.6 cm³/mol. The Hall–Kier alpha value is -0.0800. The Balaban J connectivity index is 1.99. The molecule has 1 fully saturated rings. The Labute approximate surface area is 69.8 Å². The third-order valence-corrected chi connectivity index (χ3v) is 2.39. The molecule has 11 heavy (non-hydrogen) atoms. The van der Waals surface area contributed by atoms with Crippen molar-refractivity contribution in [3.63, 3.8) is 0 Å². The van der Waals surface area contributed by atoms with Crippen LogP contribution in [0.1, 0.15) is 32.6 Å². The minimum absolute atomic E-state index is 0.455. The molecule has 2 N–H and O–H groups in total. The summed E-state index contributed by atoms with van der Waals surface area (Å²) in [5.41, 5.74) is 5.79. The molecule has 0 aromatic carbocycles. The van der Waals surface area contributed by atoms with Gasteiger partial charge in [0.2, 0.25) is 0 Å². The van der Waals surface area contributed by atoms with Crippen molar-refractivity contribution in [1.82, 2.24) is 4.90 Å². The summed E-state index contributed by atoms with van der Waals surface area (Å²) in [5.74, 6) is 0. The van der Waals surface area contributed by atoms with Gasteiger partial charge in [-0.05, 0) is 25.9 Å². The molecule has 66 valence electrons. The lowest BCUT2D eigenvalue weighted by atomic mass is 10.2. The topological polar surface area (TPSA) is 29.3 Å². The van der Waals surface area contributed by atoms with E-state index in [4.69, 9.17) is 5.73 Å². The fraction of sp³-hybridized carbons (Fsp3) is 1.00. The van der Waals surface area contributed by atoms with Gasteiger partial charge in [0.05, 0.1) is 0 Å². The van der Waals surface area contributed by atoms with Crippen LogP contribution in [0, 0.1) is 0 Å². The zero-order valence-electron chi connectivity index (χ0n) is 7.55. The Kier molecular flexibility index (Phi) is 3.87. The molecule has 0 radical (unpaired) electrons. The summed E-state index contributed by atoms with van der Waals surface area (Å²) in [6.07, 6.45) is 5.24. The third kappa shape index (κ3) is 3.21. The third-order valence-electron chi connectivity index (χ3n) is 2.39. The second-order valence-electron chi connectivity index (χ2n) is 3.56. The zero-order valence-corrected chi connectivity index (χ0v) is 7.55. The van der Waals surface area contributed by atoms with E-state index in [2.05, 4.69) is 11.8 Å². The van der Waals surface area contributed by atoms with Gasteiger partial charge in [0.25, 0.3) is 0 Å². The van der Waals surface area contributed by atoms with E-state index in [-0.39, 0.29) is 0 Å². The van der Waals surface area contributed by atoms with Crippen molar-refractivity contribution >= 4 is 0 Å². The number of nitrogens with zero attached hydrogens (tertiary/aromatic N) is 1. The van der Waals surface area contributed by atoms with Crippen LogP contribution in [0.3, 0.4) is 0 Å². The van der Waals surface area contributed by atoms with Crippen LogP contribution in [0.4, 0.5) is 0 Å². The van der Waals surface area contributed by atoms with E-state index in [0.29, 0.717) is 6.04 Å². The molecule has 0 bridgehead atoms. The van der Waals surface area contributed by atoms with Gasteiger partial charge in [0.1, 0.15) is 0 Å². The van der Waals surface area contributed by atoms with Gasteiger partial charge in [-0.25, -0.2) is 0 Å². The molecule has 1 saturated heterocycles. The zero-order chi connectivity index (χ0) is 8.10. The lowest BCUT2D eigenvalue weighted by Gasteiger charge is -2.13. The van der Waals surface area contributed by atoms with E-state index < -0.39 is 0 Å². The van der Waals surface area contributed by atoms with Crippen LogP contribution < -0.4 is 5.73 Å². The van der Waals surface area contributed by atoms with Crippen LogP contribution >= 0.6 is 0 Å². The van der Waals surface area contributed by atoms with E-state index in [1.165, 1.54) is 38.8 Å². The Bertz CT molecular complexity index is 104. The number of hydrogen-bond donors (Lipinski definition) is 1. The van der Waals surface area contributed by atoms with Gasteiger partial charge in [-0.15, -0.1) is 0 Å². The van der Waals surface area contributed by atoms with Crippen LogP contribution in [0.15, 0.2) is 0 Å². The smallest absolute Gasteiger partial charge is 0.0180 e. The number of hydrogen-bond acceptors (Lipinski definition) is 2. The lowest BCUT2D eigenvalue weighted by Crippen LogP contribution is -2.27. The van der Waals surface area contributed by atoms with Gasteiger partial charge >= 0.3 is 0 Å². The number of rotatable bonds is 4. The first-order valence-corrected chi connectivity index (χ1v) is 4.81. The molecule has 0 aromatic rings. The molecule has 0 unspecified atom stereocenters. The van der Waals surface area contributed by atoms with Crippen molar-refractivity contribution in [3.8, 4) is 0 Å². The standard InChI is InChI=1S/C9H20N2/c1-2-3-4-6-11-7-5-9(10)8-11/h9H,2-8,10H2,1H3/t9-/m1/s1. The second kappa shape index (κ2) is 4.73. The molecule has 0 aliphatic carbocycles. The van der Waals surface area contributed by atoms with Gasteiger partial charge in [0.15, 0.2) is 0 Å². The fourth-order valence-corrected chi connectivity index (χ4v) is 1.65. The van der Waals surface area contributed by atoms with Gasteiger partial charge in [0, 0.05) is 12.6 Å². The molecule has 0 amide bonds. The van der Waals surface area contributed by atoms with Crippen molar-refractivity contribution in [3.05, 3.63) is 0 Å². The molecule has 0 saturated carbocycles.